The first-order valence-corrected chi connectivity index (χ1v) is 5.72. The Morgan fingerprint density at radius 3 is 3.00 bits per heavy atom. The molecule has 0 radical (unpaired) electrons. The molecule has 88 valence electrons. The number of hydrogen-bond donors (Lipinski definition) is 2. The van der Waals surface area contributed by atoms with Gasteiger partial charge in [0, 0.05) is 25.9 Å². The summed E-state index contributed by atoms with van der Waals surface area (Å²) in [6.45, 7) is 1.14. The van der Waals surface area contributed by atoms with Crippen LogP contribution in [-0.4, -0.2) is 24.9 Å². The zero-order valence-electron chi connectivity index (χ0n) is 9.42. The van der Waals surface area contributed by atoms with Gasteiger partial charge in [-0.2, -0.15) is 0 Å². The SMILES string of the molecule is C#CCCCCNC(=O)C1CCC(=O)NC1. The molecule has 1 aliphatic rings. The molecule has 1 unspecified atom stereocenters. The summed E-state index contributed by atoms with van der Waals surface area (Å²) < 4.78 is 0. The second kappa shape index (κ2) is 6.89. The highest BCUT2D eigenvalue weighted by molar-refractivity contribution is 5.83. The molecular weight excluding hydrogens is 204 g/mol. The molecule has 0 saturated carbocycles. The van der Waals surface area contributed by atoms with E-state index in [-0.39, 0.29) is 17.7 Å². The van der Waals surface area contributed by atoms with E-state index in [1.807, 2.05) is 0 Å². The number of nitrogens with one attached hydrogen (secondary N) is 2. The summed E-state index contributed by atoms with van der Waals surface area (Å²) in [7, 11) is 0. The Morgan fingerprint density at radius 2 is 2.38 bits per heavy atom. The monoisotopic (exact) mass is 222 g/mol. The fraction of sp³-hybridized carbons (Fsp3) is 0.667. The van der Waals surface area contributed by atoms with Crippen molar-refractivity contribution in [1.29, 1.82) is 0 Å². The van der Waals surface area contributed by atoms with E-state index in [1.54, 1.807) is 0 Å². The Bertz CT molecular complexity index is 284. The standard InChI is InChI=1S/C12H18N2O2/c1-2-3-4-5-8-13-12(16)10-6-7-11(15)14-9-10/h1,10H,3-9H2,(H,13,16)(H,14,15). The molecule has 1 fully saturated rings. The predicted molar refractivity (Wildman–Crippen MR) is 61.4 cm³/mol. The maximum absolute atomic E-state index is 11.6. The van der Waals surface area contributed by atoms with Crippen molar-refractivity contribution in [2.75, 3.05) is 13.1 Å². The molecule has 2 N–H and O–H groups in total. The van der Waals surface area contributed by atoms with Crippen molar-refractivity contribution in [3.05, 3.63) is 0 Å². The lowest BCUT2D eigenvalue weighted by Gasteiger charge is -2.21. The Balaban J connectivity index is 2.11. The van der Waals surface area contributed by atoms with Gasteiger partial charge in [0.05, 0.1) is 5.92 Å². The highest BCUT2D eigenvalue weighted by atomic mass is 16.2. The van der Waals surface area contributed by atoms with Gasteiger partial charge in [0.1, 0.15) is 0 Å². The summed E-state index contributed by atoms with van der Waals surface area (Å²) in [5.74, 6) is 2.58. The number of hydrogen-bond acceptors (Lipinski definition) is 2. The van der Waals surface area contributed by atoms with Gasteiger partial charge in [0.2, 0.25) is 11.8 Å². The molecule has 1 atom stereocenters. The van der Waals surface area contributed by atoms with Crippen LogP contribution in [0.25, 0.3) is 0 Å². The normalized spacial score (nSPS) is 19.7. The number of rotatable bonds is 5. The quantitative estimate of drug-likeness (QED) is 0.523. The van der Waals surface area contributed by atoms with E-state index < -0.39 is 0 Å². The fourth-order valence-corrected chi connectivity index (χ4v) is 1.66. The van der Waals surface area contributed by atoms with Crippen LogP contribution in [-0.2, 0) is 9.59 Å². The van der Waals surface area contributed by atoms with E-state index >= 15 is 0 Å². The van der Waals surface area contributed by atoms with Gasteiger partial charge in [-0.25, -0.2) is 0 Å². The predicted octanol–water partition coefficient (Wildman–Crippen LogP) is 0.432. The van der Waals surface area contributed by atoms with Crippen LogP contribution in [0.4, 0.5) is 0 Å². The number of amides is 2. The molecule has 1 heterocycles. The third-order valence-corrected chi connectivity index (χ3v) is 2.68. The molecule has 0 aliphatic carbocycles. The van der Waals surface area contributed by atoms with E-state index in [0.29, 0.717) is 25.9 Å². The van der Waals surface area contributed by atoms with Crippen molar-refractivity contribution in [2.24, 2.45) is 5.92 Å². The number of carbonyl (C=O) groups is 2. The van der Waals surface area contributed by atoms with Crippen LogP contribution in [0.2, 0.25) is 0 Å². The van der Waals surface area contributed by atoms with Crippen molar-refractivity contribution >= 4 is 11.8 Å². The first-order valence-electron chi connectivity index (χ1n) is 5.72. The summed E-state index contributed by atoms with van der Waals surface area (Å²) in [6.07, 6.45) is 8.84. The summed E-state index contributed by atoms with van der Waals surface area (Å²) in [5, 5.41) is 5.56. The number of carbonyl (C=O) groups excluding carboxylic acids is 2. The third-order valence-electron chi connectivity index (χ3n) is 2.68. The molecule has 0 aromatic carbocycles. The van der Waals surface area contributed by atoms with Crippen LogP contribution in [0.1, 0.15) is 32.1 Å². The van der Waals surface area contributed by atoms with E-state index in [4.69, 9.17) is 6.42 Å². The van der Waals surface area contributed by atoms with Crippen LogP contribution >= 0.6 is 0 Å². The van der Waals surface area contributed by atoms with E-state index in [1.165, 1.54) is 0 Å². The molecule has 4 nitrogen and oxygen atoms in total. The van der Waals surface area contributed by atoms with Crippen molar-refractivity contribution < 1.29 is 9.59 Å². The lowest BCUT2D eigenvalue weighted by molar-refractivity contribution is -0.128. The molecule has 4 heteroatoms. The smallest absolute Gasteiger partial charge is 0.224 e. The second-order valence-electron chi connectivity index (χ2n) is 3.99. The molecule has 1 saturated heterocycles. The van der Waals surface area contributed by atoms with Gasteiger partial charge < -0.3 is 10.6 Å². The molecule has 0 aromatic rings. The van der Waals surface area contributed by atoms with Gasteiger partial charge in [-0.05, 0) is 19.3 Å². The van der Waals surface area contributed by atoms with Crippen LogP contribution in [0.5, 0.6) is 0 Å². The van der Waals surface area contributed by atoms with Gasteiger partial charge in [-0.3, -0.25) is 9.59 Å². The Hall–Kier alpha value is -1.50. The first kappa shape index (κ1) is 12.6. The fourth-order valence-electron chi connectivity index (χ4n) is 1.66. The van der Waals surface area contributed by atoms with Crippen molar-refractivity contribution in [2.45, 2.75) is 32.1 Å². The molecule has 0 spiro atoms. The molecule has 1 aliphatic heterocycles. The second-order valence-corrected chi connectivity index (χ2v) is 3.99. The van der Waals surface area contributed by atoms with E-state index in [9.17, 15) is 9.59 Å². The Kier molecular flexibility index (Phi) is 5.41. The average molecular weight is 222 g/mol. The highest BCUT2D eigenvalue weighted by Gasteiger charge is 2.23. The van der Waals surface area contributed by atoms with Crippen LogP contribution in [0, 0.1) is 18.3 Å². The third kappa shape index (κ3) is 4.35. The van der Waals surface area contributed by atoms with E-state index in [0.717, 1.165) is 19.3 Å². The zero-order valence-corrected chi connectivity index (χ0v) is 9.42. The molecule has 16 heavy (non-hydrogen) atoms. The van der Waals surface area contributed by atoms with Gasteiger partial charge in [-0.15, -0.1) is 12.3 Å². The van der Waals surface area contributed by atoms with Gasteiger partial charge in [0.25, 0.3) is 0 Å². The molecular formula is C12H18N2O2. The summed E-state index contributed by atoms with van der Waals surface area (Å²) in [4.78, 5) is 22.5. The molecule has 1 rings (SSSR count). The molecule has 0 aromatic heterocycles. The van der Waals surface area contributed by atoms with Gasteiger partial charge in [0.15, 0.2) is 0 Å². The summed E-state index contributed by atoms with van der Waals surface area (Å²) >= 11 is 0. The van der Waals surface area contributed by atoms with Crippen LogP contribution < -0.4 is 10.6 Å². The Labute approximate surface area is 96.2 Å². The topological polar surface area (TPSA) is 58.2 Å². The number of terminal acetylenes is 1. The maximum atomic E-state index is 11.6. The lowest BCUT2D eigenvalue weighted by Crippen LogP contribution is -2.43. The minimum atomic E-state index is -0.0645. The summed E-state index contributed by atoms with van der Waals surface area (Å²) in [6, 6.07) is 0. The maximum Gasteiger partial charge on any atom is 0.224 e. The van der Waals surface area contributed by atoms with Gasteiger partial charge in [-0.1, -0.05) is 0 Å². The highest BCUT2D eigenvalue weighted by Crippen LogP contribution is 2.10. The van der Waals surface area contributed by atoms with Crippen molar-refractivity contribution in [3.8, 4) is 12.3 Å². The first-order chi connectivity index (χ1) is 7.74. The van der Waals surface area contributed by atoms with Crippen LogP contribution in [0.15, 0.2) is 0 Å². The average Bonchev–Trinajstić information content (AvgIpc) is 2.29. The minimum absolute atomic E-state index is 0.0399. The number of piperidine rings is 1. The van der Waals surface area contributed by atoms with Gasteiger partial charge >= 0.3 is 0 Å². The van der Waals surface area contributed by atoms with Crippen LogP contribution in [0.3, 0.4) is 0 Å². The minimum Gasteiger partial charge on any atom is -0.356 e. The van der Waals surface area contributed by atoms with Crippen molar-refractivity contribution in [1.82, 2.24) is 10.6 Å². The summed E-state index contributed by atoms with van der Waals surface area (Å²) in [5.41, 5.74) is 0. The number of unbranched alkanes of at least 4 members (excludes halogenated alkanes) is 2. The van der Waals surface area contributed by atoms with E-state index in [2.05, 4.69) is 16.6 Å². The zero-order chi connectivity index (χ0) is 11.8. The largest absolute Gasteiger partial charge is 0.356 e. The lowest BCUT2D eigenvalue weighted by atomic mass is 9.98. The molecule has 0 bridgehead atoms. The Morgan fingerprint density at radius 1 is 1.56 bits per heavy atom. The van der Waals surface area contributed by atoms with Crippen molar-refractivity contribution in [3.63, 3.8) is 0 Å². The molecule has 2 amide bonds.